The first kappa shape index (κ1) is 35.4. The minimum Gasteiger partial charge on any atom is -0.504 e. The van der Waals surface area contributed by atoms with Gasteiger partial charge in [0.2, 0.25) is 0 Å². The predicted molar refractivity (Wildman–Crippen MR) is 189 cm³/mol. The highest BCUT2D eigenvalue weighted by Crippen LogP contribution is 2.27. The summed E-state index contributed by atoms with van der Waals surface area (Å²) in [5, 5.41) is 37.3. The summed E-state index contributed by atoms with van der Waals surface area (Å²) < 4.78 is 16.6. The highest BCUT2D eigenvalue weighted by molar-refractivity contribution is 5.96. The summed E-state index contributed by atoms with van der Waals surface area (Å²) in [6.07, 6.45) is 0. The quantitative estimate of drug-likeness (QED) is 0.0680. The van der Waals surface area contributed by atoms with E-state index in [9.17, 15) is 29.4 Å². The fourth-order valence-electron chi connectivity index (χ4n) is 4.92. The molecule has 15 heteroatoms. The van der Waals surface area contributed by atoms with Crippen molar-refractivity contribution in [1.29, 1.82) is 0 Å². The highest BCUT2D eigenvalue weighted by atomic mass is 16.5. The molecule has 0 radical (unpaired) electrons. The second-order valence-electron chi connectivity index (χ2n) is 11.4. The number of benzene rings is 4. The molecule has 0 bridgehead atoms. The minimum absolute atomic E-state index is 0.0416. The first-order valence-corrected chi connectivity index (χ1v) is 16.3. The lowest BCUT2D eigenvalue weighted by Crippen LogP contribution is -2.34. The van der Waals surface area contributed by atoms with Crippen LogP contribution in [-0.4, -0.2) is 70.3 Å². The first-order chi connectivity index (χ1) is 25.7. The van der Waals surface area contributed by atoms with Crippen LogP contribution in [-0.2, 0) is 0 Å². The number of aromatic hydroxyl groups is 2. The maximum atomic E-state index is 12.8. The largest absolute Gasteiger partial charge is 0.504 e. The average molecular weight is 717 g/mol. The van der Waals surface area contributed by atoms with Crippen molar-refractivity contribution < 1.29 is 43.2 Å². The molecule has 0 saturated carbocycles. The Hall–Kier alpha value is -7.42. The molecule has 0 aliphatic rings. The van der Waals surface area contributed by atoms with E-state index in [1.165, 1.54) is 18.2 Å². The number of hydrogen-bond donors (Lipinski definition) is 6. The Balaban J connectivity index is 0.930. The molecule has 0 fully saturated rings. The number of amides is 4. The summed E-state index contributed by atoms with van der Waals surface area (Å²) in [6, 6.07) is 29.5. The Morgan fingerprint density at radius 3 is 1.60 bits per heavy atom. The number of rotatable bonds is 14. The number of nitrogens with one attached hydrogen (secondary N) is 4. The summed E-state index contributed by atoms with van der Waals surface area (Å²) in [4.78, 5) is 50.0. The third kappa shape index (κ3) is 9.23. The van der Waals surface area contributed by atoms with Gasteiger partial charge < -0.3 is 45.3 Å². The molecule has 6 rings (SSSR count). The molecule has 0 atom stereocenters. The summed E-state index contributed by atoms with van der Waals surface area (Å²) in [5.74, 6) is -0.783. The van der Waals surface area contributed by atoms with E-state index in [1.54, 1.807) is 54.6 Å². The molecule has 2 heterocycles. The van der Waals surface area contributed by atoms with Crippen molar-refractivity contribution in [2.75, 3.05) is 26.2 Å². The molecular formula is C38H32N6O9. The van der Waals surface area contributed by atoms with Crippen LogP contribution in [0.1, 0.15) is 41.7 Å². The number of hydrogen-bond acceptors (Lipinski definition) is 11. The van der Waals surface area contributed by atoms with E-state index >= 15 is 0 Å². The van der Waals surface area contributed by atoms with Gasteiger partial charge in [0.25, 0.3) is 23.6 Å². The van der Waals surface area contributed by atoms with E-state index in [1.807, 2.05) is 30.3 Å². The predicted octanol–water partition coefficient (Wildman–Crippen LogP) is 4.52. The van der Waals surface area contributed by atoms with Crippen molar-refractivity contribution in [2.24, 2.45) is 0 Å². The number of phenols is 2. The number of carbonyl (C=O) groups excluding carboxylic acids is 4. The number of nitrogens with zero attached hydrogens (tertiary/aromatic N) is 2. The van der Waals surface area contributed by atoms with Gasteiger partial charge in [-0.05, 0) is 60.7 Å². The molecule has 0 unspecified atom stereocenters. The van der Waals surface area contributed by atoms with E-state index in [0.29, 0.717) is 34.1 Å². The van der Waals surface area contributed by atoms with Gasteiger partial charge in [-0.15, -0.1) is 0 Å². The molecule has 268 valence electrons. The van der Waals surface area contributed by atoms with Gasteiger partial charge in [-0.2, -0.15) is 0 Å². The molecule has 15 nitrogen and oxygen atoms in total. The smallest absolute Gasteiger partial charge is 0.273 e. The number of carbonyl (C=O) groups is 4. The lowest BCUT2D eigenvalue weighted by Gasteiger charge is -2.09. The van der Waals surface area contributed by atoms with Crippen LogP contribution < -0.4 is 26.0 Å². The van der Waals surface area contributed by atoms with Gasteiger partial charge >= 0.3 is 0 Å². The van der Waals surface area contributed by atoms with E-state index < -0.39 is 23.5 Å². The van der Waals surface area contributed by atoms with Gasteiger partial charge in [-0.3, -0.25) is 19.2 Å². The molecule has 6 N–H and O–H groups in total. The second kappa shape index (κ2) is 16.5. The Morgan fingerprint density at radius 2 is 1.04 bits per heavy atom. The SMILES string of the molecule is O=C(NCCNC(=O)c1cc(-c2ccccc2)on1)c1cccc(Oc2ccc(-c3cc(C(=O)NCCNC(=O)c4ccc(O)c(O)c4)no3)cc2)c1. The molecular weight excluding hydrogens is 684 g/mol. The number of ether oxygens (including phenoxy) is 1. The monoisotopic (exact) mass is 716 g/mol. The maximum absolute atomic E-state index is 12.8. The lowest BCUT2D eigenvalue weighted by atomic mass is 10.1. The van der Waals surface area contributed by atoms with Crippen molar-refractivity contribution in [3.63, 3.8) is 0 Å². The van der Waals surface area contributed by atoms with Crippen molar-refractivity contribution >= 4 is 23.6 Å². The zero-order valence-corrected chi connectivity index (χ0v) is 27.9. The van der Waals surface area contributed by atoms with Crippen molar-refractivity contribution in [3.05, 3.63) is 132 Å². The minimum atomic E-state index is -0.505. The maximum Gasteiger partial charge on any atom is 0.273 e. The fraction of sp³-hybridized carbons (Fsp3) is 0.105. The normalized spacial score (nSPS) is 10.6. The van der Waals surface area contributed by atoms with Crippen LogP contribution in [0, 0.1) is 0 Å². The van der Waals surface area contributed by atoms with Crippen LogP contribution in [0.4, 0.5) is 0 Å². The molecule has 4 amide bonds. The van der Waals surface area contributed by atoms with Gasteiger partial charge in [0.05, 0.1) is 0 Å². The molecule has 0 aliphatic carbocycles. The molecule has 6 aromatic rings. The second-order valence-corrected chi connectivity index (χ2v) is 11.4. The topological polar surface area (TPSA) is 218 Å². The van der Waals surface area contributed by atoms with Crippen molar-refractivity contribution in [3.8, 4) is 45.6 Å². The van der Waals surface area contributed by atoms with E-state index in [-0.39, 0.29) is 54.8 Å². The van der Waals surface area contributed by atoms with E-state index in [4.69, 9.17) is 13.8 Å². The van der Waals surface area contributed by atoms with Gasteiger partial charge in [-0.25, -0.2) is 0 Å². The number of aromatic nitrogens is 2. The average Bonchev–Trinajstić information content (AvgIpc) is 3.88. The van der Waals surface area contributed by atoms with Crippen LogP contribution in [0.3, 0.4) is 0 Å². The Kier molecular flexibility index (Phi) is 11.0. The van der Waals surface area contributed by atoms with Gasteiger partial charge in [0, 0.05) is 60.6 Å². The van der Waals surface area contributed by atoms with Gasteiger partial charge in [0.1, 0.15) is 11.5 Å². The Labute approximate surface area is 301 Å². The van der Waals surface area contributed by atoms with Gasteiger partial charge in [0.15, 0.2) is 34.4 Å². The van der Waals surface area contributed by atoms with Crippen molar-refractivity contribution in [2.45, 2.75) is 0 Å². The summed E-state index contributed by atoms with van der Waals surface area (Å²) in [5.41, 5.74) is 2.13. The molecule has 0 spiro atoms. The van der Waals surface area contributed by atoms with Crippen LogP contribution in [0.5, 0.6) is 23.0 Å². The van der Waals surface area contributed by atoms with Crippen LogP contribution >= 0.6 is 0 Å². The summed E-state index contributed by atoms with van der Waals surface area (Å²) in [6.45, 7) is 0.561. The molecule has 4 aromatic carbocycles. The summed E-state index contributed by atoms with van der Waals surface area (Å²) >= 11 is 0. The van der Waals surface area contributed by atoms with Crippen molar-refractivity contribution in [1.82, 2.24) is 31.6 Å². The fourth-order valence-corrected chi connectivity index (χ4v) is 4.92. The first-order valence-electron chi connectivity index (χ1n) is 16.3. The van der Waals surface area contributed by atoms with Crippen LogP contribution in [0.2, 0.25) is 0 Å². The zero-order valence-electron chi connectivity index (χ0n) is 27.9. The van der Waals surface area contributed by atoms with Crippen LogP contribution in [0.15, 0.2) is 118 Å². The van der Waals surface area contributed by atoms with Crippen LogP contribution in [0.25, 0.3) is 22.6 Å². The molecule has 0 saturated heterocycles. The molecule has 2 aromatic heterocycles. The number of phenolic OH excluding ortho intramolecular Hbond substituents is 2. The third-order valence-corrected chi connectivity index (χ3v) is 7.64. The lowest BCUT2D eigenvalue weighted by molar-refractivity contribution is 0.0922. The standard InChI is InChI=1S/C38H32N6O9/c45-31-14-11-26(20-32(31)46)36(48)40-16-18-42-38(50)30-22-34(53-44-30)24-9-12-27(13-10-24)51-28-8-4-7-25(19-28)35(47)39-15-17-41-37(49)29-21-33(52-43-29)23-5-2-1-3-6-23/h1-14,19-22,45-46H,15-18H2,(H,39,47)(H,40,48)(H,41,49)(H,42,50). The Morgan fingerprint density at radius 1 is 0.509 bits per heavy atom. The third-order valence-electron chi connectivity index (χ3n) is 7.64. The Bertz CT molecular complexity index is 2230. The molecule has 53 heavy (non-hydrogen) atoms. The van der Waals surface area contributed by atoms with E-state index in [2.05, 4.69) is 31.6 Å². The van der Waals surface area contributed by atoms with Gasteiger partial charge in [-0.1, -0.05) is 46.7 Å². The zero-order chi connectivity index (χ0) is 37.2. The highest BCUT2D eigenvalue weighted by Gasteiger charge is 2.16. The summed E-state index contributed by atoms with van der Waals surface area (Å²) in [7, 11) is 0. The van der Waals surface area contributed by atoms with E-state index in [0.717, 1.165) is 11.6 Å². The molecule has 0 aliphatic heterocycles.